The zero-order valence-corrected chi connectivity index (χ0v) is 20.4. The molecule has 2 heterocycles. The zero-order valence-electron chi connectivity index (χ0n) is 18.8. The van der Waals surface area contributed by atoms with E-state index in [1.807, 2.05) is 18.2 Å². The number of hydrogen-bond donors (Lipinski definition) is 1. The highest BCUT2D eigenvalue weighted by atomic mass is 35.5. The minimum Gasteiger partial charge on any atom is -0.351 e. The number of carbonyl (C=O) groups is 1. The minimum absolute atomic E-state index is 0. The number of likely N-dealkylation sites (N-methyl/N-ethyl adjacent to an activating group) is 1. The molecule has 0 spiro atoms. The summed E-state index contributed by atoms with van der Waals surface area (Å²) < 4.78 is 1.47. The third kappa shape index (κ3) is 5.97. The lowest BCUT2D eigenvalue weighted by Crippen LogP contribution is -2.35. The highest BCUT2D eigenvalue weighted by Crippen LogP contribution is 2.24. The van der Waals surface area contributed by atoms with Crippen molar-refractivity contribution < 1.29 is 4.79 Å². The standard InChI is InChI=1S/C23H30N4O2.2ClH/c1-6-26(7-2)13-12-24-21(28)16-8-11-20-25-19-10-9-17(23(3,4)5)14-18(19)22(29)27(20)15-16;;/h8-11,14-15H,6-7,12-13H2,1-5H3,(H,24,28);2*1H. The monoisotopic (exact) mass is 466 g/mol. The van der Waals surface area contributed by atoms with Gasteiger partial charge in [0.05, 0.1) is 16.5 Å². The summed E-state index contributed by atoms with van der Waals surface area (Å²) in [6, 6.07) is 9.25. The second-order valence-electron chi connectivity index (χ2n) is 8.33. The number of aromatic nitrogens is 2. The molecule has 1 aromatic carbocycles. The van der Waals surface area contributed by atoms with Gasteiger partial charge in [0.25, 0.3) is 11.5 Å². The number of fused-ring (bicyclic) bond motifs is 2. The van der Waals surface area contributed by atoms with Crippen LogP contribution in [0.25, 0.3) is 16.6 Å². The third-order valence-electron chi connectivity index (χ3n) is 5.34. The summed E-state index contributed by atoms with van der Waals surface area (Å²) in [5, 5.41) is 3.50. The number of amides is 1. The van der Waals surface area contributed by atoms with E-state index in [1.54, 1.807) is 18.3 Å². The molecule has 0 aliphatic carbocycles. The van der Waals surface area contributed by atoms with Crippen LogP contribution in [-0.2, 0) is 5.41 Å². The summed E-state index contributed by atoms with van der Waals surface area (Å²) in [5.74, 6) is -0.186. The number of rotatable bonds is 6. The number of benzene rings is 1. The maximum Gasteiger partial charge on any atom is 0.265 e. The Hall–Kier alpha value is -2.15. The normalized spacial score (nSPS) is 11.3. The fourth-order valence-electron chi connectivity index (χ4n) is 3.37. The average molecular weight is 467 g/mol. The van der Waals surface area contributed by atoms with Crippen molar-refractivity contribution in [2.75, 3.05) is 26.2 Å². The smallest absolute Gasteiger partial charge is 0.265 e. The summed E-state index contributed by atoms with van der Waals surface area (Å²) in [4.78, 5) is 32.5. The number of hydrogen-bond acceptors (Lipinski definition) is 4. The first-order valence-corrected chi connectivity index (χ1v) is 10.2. The van der Waals surface area contributed by atoms with Crippen molar-refractivity contribution in [3.63, 3.8) is 0 Å². The number of nitrogens with one attached hydrogen (secondary N) is 1. The molecule has 31 heavy (non-hydrogen) atoms. The van der Waals surface area contributed by atoms with E-state index < -0.39 is 0 Å². The van der Waals surface area contributed by atoms with Gasteiger partial charge < -0.3 is 10.2 Å². The number of pyridine rings is 1. The third-order valence-corrected chi connectivity index (χ3v) is 5.34. The lowest BCUT2D eigenvalue weighted by molar-refractivity contribution is 0.0948. The number of carbonyl (C=O) groups excluding carboxylic acids is 1. The highest BCUT2D eigenvalue weighted by molar-refractivity contribution is 5.94. The molecule has 0 fully saturated rings. The first-order valence-electron chi connectivity index (χ1n) is 10.2. The summed E-state index contributed by atoms with van der Waals surface area (Å²) in [5.41, 5.74) is 2.51. The van der Waals surface area contributed by atoms with Crippen LogP contribution in [0.4, 0.5) is 0 Å². The molecular weight excluding hydrogens is 435 g/mol. The molecular formula is C23H32Cl2N4O2. The fraction of sp³-hybridized carbons (Fsp3) is 0.435. The van der Waals surface area contributed by atoms with Gasteiger partial charge >= 0.3 is 0 Å². The quantitative estimate of drug-likeness (QED) is 0.556. The van der Waals surface area contributed by atoms with Gasteiger partial charge in [0.15, 0.2) is 0 Å². The Morgan fingerprint density at radius 1 is 1.10 bits per heavy atom. The van der Waals surface area contributed by atoms with Crippen LogP contribution in [0.3, 0.4) is 0 Å². The molecule has 0 aliphatic rings. The van der Waals surface area contributed by atoms with E-state index in [2.05, 4.69) is 49.8 Å². The Balaban J connectivity index is 0.00000240. The molecule has 0 atom stereocenters. The SMILES string of the molecule is CCN(CC)CCNC(=O)c1ccc2nc3ccc(C(C)(C)C)cc3c(=O)n2c1.Cl.Cl. The summed E-state index contributed by atoms with van der Waals surface area (Å²) in [7, 11) is 0. The van der Waals surface area contributed by atoms with Gasteiger partial charge in [0, 0.05) is 19.3 Å². The molecule has 0 saturated heterocycles. The van der Waals surface area contributed by atoms with E-state index >= 15 is 0 Å². The lowest BCUT2D eigenvalue weighted by Gasteiger charge is -2.19. The molecule has 1 amide bonds. The van der Waals surface area contributed by atoms with E-state index in [0.717, 1.165) is 25.2 Å². The maximum atomic E-state index is 13.1. The van der Waals surface area contributed by atoms with Gasteiger partial charge in [-0.2, -0.15) is 0 Å². The predicted molar refractivity (Wildman–Crippen MR) is 132 cm³/mol. The topological polar surface area (TPSA) is 66.7 Å². The predicted octanol–water partition coefficient (Wildman–Crippen LogP) is 4.06. The molecule has 2 aromatic heterocycles. The molecule has 8 heteroatoms. The van der Waals surface area contributed by atoms with Gasteiger partial charge in [0.2, 0.25) is 0 Å². The van der Waals surface area contributed by atoms with Gasteiger partial charge in [-0.25, -0.2) is 4.98 Å². The molecule has 0 aliphatic heterocycles. The van der Waals surface area contributed by atoms with Crippen molar-refractivity contribution in [3.05, 3.63) is 58.0 Å². The molecule has 0 saturated carbocycles. The van der Waals surface area contributed by atoms with Crippen LogP contribution in [0.1, 0.15) is 50.5 Å². The Kier molecular flexibility index (Phi) is 9.48. The fourth-order valence-corrected chi connectivity index (χ4v) is 3.37. The van der Waals surface area contributed by atoms with Crippen molar-refractivity contribution in [3.8, 4) is 0 Å². The van der Waals surface area contributed by atoms with E-state index in [4.69, 9.17) is 0 Å². The largest absolute Gasteiger partial charge is 0.351 e. The molecule has 3 aromatic rings. The van der Waals surface area contributed by atoms with E-state index in [9.17, 15) is 9.59 Å². The van der Waals surface area contributed by atoms with E-state index in [1.165, 1.54) is 4.40 Å². The summed E-state index contributed by atoms with van der Waals surface area (Å²) >= 11 is 0. The second kappa shape index (κ2) is 10.9. The molecule has 0 radical (unpaired) electrons. The van der Waals surface area contributed by atoms with Crippen LogP contribution in [0, 0.1) is 0 Å². The first kappa shape index (κ1) is 26.9. The van der Waals surface area contributed by atoms with Crippen LogP contribution in [-0.4, -0.2) is 46.4 Å². The van der Waals surface area contributed by atoms with Crippen LogP contribution < -0.4 is 10.9 Å². The first-order chi connectivity index (χ1) is 13.7. The van der Waals surface area contributed by atoms with Crippen LogP contribution in [0.5, 0.6) is 0 Å². The Bertz CT molecular complexity index is 1100. The van der Waals surface area contributed by atoms with Crippen molar-refractivity contribution in [2.24, 2.45) is 0 Å². The van der Waals surface area contributed by atoms with E-state index in [0.29, 0.717) is 28.7 Å². The molecule has 170 valence electrons. The molecule has 0 unspecified atom stereocenters. The maximum absolute atomic E-state index is 13.1. The van der Waals surface area contributed by atoms with Gasteiger partial charge in [-0.3, -0.25) is 14.0 Å². The van der Waals surface area contributed by atoms with Gasteiger partial charge in [0.1, 0.15) is 5.65 Å². The van der Waals surface area contributed by atoms with Crippen molar-refractivity contribution in [1.82, 2.24) is 19.6 Å². The Morgan fingerprint density at radius 2 is 1.77 bits per heavy atom. The van der Waals surface area contributed by atoms with Crippen molar-refractivity contribution in [2.45, 2.75) is 40.0 Å². The number of halogens is 2. The van der Waals surface area contributed by atoms with Gasteiger partial charge in [-0.1, -0.05) is 40.7 Å². The summed E-state index contributed by atoms with van der Waals surface area (Å²) in [6.45, 7) is 13.8. The number of nitrogens with zero attached hydrogens (tertiary/aromatic N) is 3. The second-order valence-corrected chi connectivity index (χ2v) is 8.33. The molecule has 1 N–H and O–H groups in total. The molecule has 0 bridgehead atoms. The molecule has 3 rings (SSSR count). The lowest BCUT2D eigenvalue weighted by atomic mass is 9.86. The van der Waals surface area contributed by atoms with Crippen LogP contribution >= 0.6 is 24.8 Å². The van der Waals surface area contributed by atoms with E-state index in [-0.39, 0.29) is 41.7 Å². The van der Waals surface area contributed by atoms with Crippen LogP contribution in [0.15, 0.2) is 41.3 Å². The summed E-state index contributed by atoms with van der Waals surface area (Å²) in [6.07, 6.45) is 1.58. The van der Waals surface area contributed by atoms with Gasteiger partial charge in [-0.15, -0.1) is 24.8 Å². The zero-order chi connectivity index (χ0) is 21.2. The van der Waals surface area contributed by atoms with Crippen molar-refractivity contribution in [1.29, 1.82) is 0 Å². The minimum atomic E-state index is -0.186. The van der Waals surface area contributed by atoms with Crippen LogP contribution in [0.2, 0.25) is 0 Å². The average Bonchev–Trinajstić information content (AvgIpc) is 2.70. The Labute approximate surface area is 195 Å². The molecule has 6 nitrogen and oxygen atoms in total. The Morgan fingerprint density at radius 3 is 2.39 bits per heavy atom. The van der Waals surface area contributed by atoms with Gasteiger partial charge in [-0.05, 0) is 48.3 Å². The highest BCUT2D eigenvalue weighted by Gasteiger charge is 2.16. The van der Waals surface area contributed by atoms with Crippen molar-refractivity contribution >= 4 is 47.3 Å².